The number of nitrogen functional groups attached to an aromatic ring is 2. The monoisotopic (exact) mass is 219 g/mol. The number of carbonyl (C=O) groups excluding carboxylic acids is 1. The summed E-state index contributed by atoms with van der Waals surface area (Å²) in [6.07, 6.45) is 1.48. The molecule has 0 unspecified atom stereocenters. The average Bonchev–Trinajstić information content (AvgIpc) is 2.25. The number of aromatic nitrogens is 1. The zero-order chi connectivity index (χ0) is 12.1. The molecule has 0 bridgehead atoms. The predicted molar refractivity (Wildman–Crippen MR) is 61.3 cm³/mol. The molecular weight excluding hydrogens is 206 g/mol. The Kier molecular flexibility index (Phi) is 3.72. The second kappa shape index (κ2) is 5.03. The largest absolute Gasteiger partial charge is 0.456 e. The SMILES string of the molecule is CCOC(=O)C#Cc1cnc(N)c(N)c1C. The fourth-order valence-electron chi connectivity index (χ4n) is 1.05. The van der Waals surface area contributed by atoms with Crippen LogP contribution >= 0.6 is 0 Å². The number of nitrogens with two attached hydrogens (primary N) is 2. The first-order valence-electron chi connectivity index (χ1n) is 4.75. The van der Waals surface area contributed by atoms with E-state index in [1.807, 2.05) is 0 Å². The average molecular weight is 219 g/mol. The van der Waals surface area contributed by atoms with Crippen LogP contribution in [0.15, 0.2) is 6.20 Å². The molecule has 0 aliphatic rings. The van der Waals surface area contributed by atoms with E-state index < -0.39 is 5.97 Å². The number of pyridine rings is 1. The molecule has 0 aromatic carbocycles. The van der Waals surface area contributed by atoms with Crippen molar-refractivity contribution in [3.63, 3.8) is 0 Å². The van der Waals surface area contributed by atoms with Crippen LogP contribution in [-0.4, -0.2) is 17.6 Å². The second-order valence-electron chi connectivity index (χ2n) is 3.07. The van der Waals surface area contributed by atoms with Gasteiger partial charge in [0.2, 0.25) is 0 Å². The zero-order valence-corrected chi connectivity index (χ0v) is 9.20. The van der Waals surface area contributed by atoms with Crippen molar-refractivity contribution < 1.29 is 9.53 Å². The quantitative estimate of drug-likeness (QED) is 0.529. The first kappa shape index (κ1) is 11.9. The molecule has 0 amide bonds. The first-order valence-corrected chi connectivity index (χ1v) is 4.75. The third-order valence-corrected chi connectivity index (χ3v) is 1.99. The predicted octanol–water partition coefficient (Wildman–Crippen LogP) is 0.469. The molecule has 1 aromatic heterocycles. The maximum absolute atomic E-state index is 11.0. The molecule has 0 saturated heterocycles. The first-order chi connectivity index (χ1) is 7.56. The summed E-state index contributed by atoms with van der Waals surface area (Å²) in [5, 5.41) is 0. The van der Waals surface area contributed by atoms with Crippen molar-refractivity contribution in [1.82, 2.24) is 4.98 Å². The third-order valence-electron chi connectivity index (χ3n) is 1.99. The lowest BCUT2D eigenvalue weighted by molar-refractivity contribution is -0.136. The molecule has 5 heteroatoms. The Hall–Kier alpha value is -2.22. The number of ether oxygens (including phenoxy) is 1. The van der Waals surface area contributed by atoms with Crippen LogP contribution in [0.3, 0.4) is 0 Å². The van der Waals surface area contributed by atoms with E-state index in [4.69, 9.17) is 11.5 Å². The molecule has 0 aliphatic heterocycles. The lowest BCUT2D eigenvalue weighted by Crippen LogP contribution is -2.03. The summed E-state index contributed by atoms with van der Waals surface area (Å²) >= 11 is 0. The van der Waals surface area contributed by atoms with Crippen LogP contribution in [0.25, 0.3) is 0 Å². The minimum Gasteiger partial charge on any atom is -0.456 e. The van der Waals surface area contributed by atoms with Crippen molar-refractivity contribution in [3.8, 4) is 11.8 Å². The molecule has 0 fully saturated rings. The number of esters is 1. The number of rotatable bonds is 1. The van der Waals surface area contributed by atoms with Crippen molar-refractivity contribution in [2.75, 3.05) is 18.1 Å². The molecular formula is C11H13N3O2. The van der Waals surface area contributed by atoms with Crippen molar-refractivity contribution in [2.45, 2.75) is 13.8 Å². The van der Waals surface area contributed by atoms with E-state index in [0.717, 1.165) is 0 Å². The van der Waals surface area contributed by atoms with Crippen LogP contribution < -0.4 is 11.5 Å². The zero-order valence-electron chi connectivity index (χ0n) is 9.20. The second-order valence-corrected chi connectivity index (χ2v) is 3.07. The van der Waals surface area contributed by atoms with Crippen LogP contribution in [0.1, 0.15) is 18.1 Å². The lowest BCUT2D eigenvalue weighted by Gasteiger charge is -2.04. The smallest absolute Gasteiger partial charge is 0.384 e. The van der Waals surface area contributed by atoms with E-state index in [9.17, 15) is 4.79 Å². The van der Waals surface area contributed by atoms with E-state index >= 15 is 0 Å². The van der Waals surface area contributed by atoms with Gasteiger partial charge in [0.1, 0.15) is 5.82 Å². The highest BCUT2D eigenvalue weighted by Gasteiger charge is 2.04. The van der Waals surface area contributed by atoms with Crippen LogP contribution in [0, 0.1) is 18.8 Å². The fraction of sp³-hybridized carbons (Fsp3) is 0.273. The molecule has 0 spiro atoms. The summed E-state index contributed by atoms with van der Waals surface area (Å²) < 4.78 is 4.67. The highest BCUT2D eigenvalue weighted by Crippen LogP contribution is 2.19. The molecule has 0 saturated carbocycles. The van der Waals surface area contributed by atoms with E-state index in [1.165, 1.54) is 6.20 Å². The molecule has 5 nitrogen and oxygen atoms in total. The number of nitrogens with zero attached hydrogens (tertiary/aromatic N) is 1. The van der Waals surface area contributed by atoms with Crippen LogP contribution in [-0.2, 0) is 9.53 Å². The van der Waals surface area contributed by atoms with Crippen LogP contribution in [0.5, 0.6) is 0 Å². The Morgan fingerprint density at radius 3 is 2.88 bits per heavy atom. The van der Waals surface area contributed by atoms with Gasteiger partial charge in [-0.25, -0.2) is 9.78 Å². The Balaban J connectivity index is 2.98. The van der Waals surface area contributed by atoms with E-state index in [0.29, 0.717) is 23.4 Å². The normalized spacial score (nSPS) is 9.12. The molecule has 16 heavy (non-hydrogen) atoms. The summed E-state index contributed by atoms with van der Waals surface area (Å²) in [6, 6.07) is 0. The molecule has 84 valence electrons. The standard InChI is InChI=1S/C11H13N3O2/c1-3-16-9(15)5-4-8-6-14-11(13)10(12)7(8)2/h6H,3,12H2,1-2H3,(H2,13,14). The summed E-state index contributed by atoms with van der Waals surface area (Å²) in [7, 11) is 0. The topological polar surface area (TPSA) is 91.2 Å². The summed E-state index contributed by atoms with van der Waals surface area (Å²) in [5.41, 5.74) is 12.9. The highest BCUT2D eigenvalue weighted by atomic mass is 16.5. The summed E-state index contributed by atoms with van der Waals surface area (Å²) in [6.45, 7) is 3.78. The fourth-order valence-corrected chi connectivity index (χ4v) is 1.05. The van der Waals surface area contributed by atoms with Crippen LogP contribution in [0.2, 0.25) is 0 Å². The minimum absolute atomic E-state index is 0.263. The Morgan fingerprint density at radius 2 is 2.25 bits per heavy atom. The van der Waals surface area contributed by atoms with Gasteiger partial charge in [0.15, 0.2) is 0 Å². The third kappa shape index (κ3) is 2.64. The molecule has 0 atom stereocenters. The van der Waals surface area contributed by atoms with Gasteiger partial charge >= 0.3 is 5.97 Å². The van der Waals surface area contributed by atoms with Crippen molar-refractivity contribution in [1.29, 1.82) is 0 Å². The van der Waals surface area contributed by atoms with E-state index in [1.54, 1.807) is 13.8 Å². The Bertz CT molecular complexity index is 472. The summed E-state index contributed by atoms with van der Waals surface area (Å²) in [5.74, 6) is 4.67. The minimum atomic E-state index is -0.572. The van der Waals surface area contributed by atoms with Gasteiger partial charge in [0, 0.05) is 17.7 Å². The maximum Gasteiger partial charge on any atom is 0.384 e. The number of carbonyl (C=O) groups is 1. The van der Waals surface area contributed by atoms with Gasteiger partial charge in [-0.15, -0.1) is 0 Å². The van der Waals surface area contributed by atoms with Crippen molar-refractivity contribution >= 4 is 17.5 Å². The van der Waals surface area contributed by atoms with Gasteiger partial charge in [-0.2, -0.15) is 0 Å². The van der Waals surface area contributed by atoms with Gasteiger partial charge in [-0.1, -0.05) is 5.92 Å². The van der Waals surface area contributed by atoms with Gasteiger partial charge in [-0.3, -0.25) is 0 Å². The molecule has 0 radical (unpaired) electrons. The van der Waals surface area contributed by atoms with E-state index in [2.05, 4.69) is 21.6 Å². The highest BCUT2D eigenvalue weighted by molar-refractivity contribution is 5.89. The number of hydrogen-bond acceptors (Lipinski definition) is 5. The number of hydrogen-bond donors (Lipinski definition) is 2. The maximum atomic E-state index is 11.0. The van der Waals surface area contributed by atoms with Crippen LogP contribution in [0.4, 0.5) is 11.5 Å². The molecule has 1 heterocycles. The van der Waals surface area contributed by atoms with Crippen molar-refractivity contribution in [3.05, 3.63) is 17.3 Å². The van der Waals surface area contributed by atoms with E-state index in [-0.39, 0.29) is 5.82 Å². The molecule has 4 N–H and O–H groups in total. The number of anilines is 2. The Labute approximate surface area is 93.8 Å². The van der Waals surface area contributed by atoms with Gasteiger partial charge in [0.05, 0.1) is 12.3 Å². The molecule has 1 aromatic rings. The van der Waals surface area contributed by atoms with Gasteiger partial charge in [-0.05, 0) is 19.4 Å². The van der Waals surface area contributed by atoms with Gasteiger partial charge in [0.25, 0.3) is 0 Å². The van der Waals surface area contributed by atoms with Crippen molar-refractivity contribution in [2.24, 2.45) is 0 Å². The van der Waals surface area contributed by atoms with Gasteiger partial charge < -0.3 is 16.2 Å². The summed E-state index contributed by atoms with van der Waals surface area (Å²) in [4.78, 5) is 14.9. The molecule has 1 rings (SSSR count). The molecule has 0 aliphatic carbocycles. The Morgan fingerprint density at radius 1 is 1.56 bits per heavy atom. The lowest BCUT2D eigenvalue weighted by atomic mass is 10.1.